The molecule has 2 aromatic rings. The van der Waals surface area contributed by atoms with Gasteiger partial charge in [0.15, 0.2) is 21.3 Å². The van der Waals surface area contributed by atoms with Gasteiger partial charge in [0.1, 0.15) is 0 Å². The molecule has 8 heteroatoms. The van der Waals surface area contributed by atoms with E-state index in [0.29, 0.717) is 19.5 Å². The van der Waals surface area contributed by atoms with Gasteiger partial charge < -0.3 is 14.4 Å². The van der Waals surface area contributed by atoms with E-state index in [4.69, 9.17) is 9.47 Å². The number of rotatable bonds is 6. The van der Waals surface area contributed by atoms with Crippen LogP contribution >= 0.6 is 0 Å². The van der Waals surface area contributed by atoms with Crippen LogP contribution in [0.15, 0.2) is 47.4 Å². The molecule has 2 aliphatic heterocycles. The van der Waals surface area contributed by atoms with Crippen LogP contribution in [0.2, 0.25) is 0 Å². The van der Waals surface area contributed by atoms with Gasteiger partial charge in [-0.1, -0.05) is 25.1 Å². The fraction of sp³-hybridized carbons (Fsp3) is 0.409. The van der Waals surface area contributed by atoms with Crippen LogP contribution in [0, 0.1) is 0 Å². The molecular weight excluding hydrogens is 404 g/mol. The SMILES string of the molecule is CCCS(=O)(=O)c1ccccc1C(=O)N1CCN(Cc2ccc3c(c2)OCO3)CC1. The van der Waals surface area contributed by atoms with E-state index in [1.54, 1.807) is 23.1 Å². The molecule has 1 fully saturated rings. The van der Waals surface area contributed by atoms with Gasteiger partial charge >= 0.3 is 0 Å². The third-order valence-electron chi connectivity index (χ3n) is 5.43. The van der Waals surface area contributed by atoms with Crippen molar-refractivity contribution >= 4 is 15.7 Å². The third-order valence-corrected chi connectivity index (χ3v) is 7.40. The Bertz CT molecular complexity index is 1030. The van der Waals surface area contributed by atoms with Crippen molar-refractivity contribution in [2.24, 2.45) is 0 Å². The smallest absolute Gasteiger partial charge is 0.255 e. The van der Waals surface area contributed by atoms with Crippen molar-refractivity contribution in [1.82, 2.24) is 9.80 Å². The third kappa shape index (κ3) is 4.29. The van der Waals surface area contributed by atoms with Crippen LogP contribution in [-0.2, 0) is 16.4 Å². The number of carbonyl (C=O) groups is 1. The molecule has 0 radical (unpaired) electrons. The van der Waals surface area contributed by atoms with Crippen molar-refractivity contribution < 1.29 is 22.7 Å². The van der Waals surface area contributed by atoms with Crippen molar-refractivity contribution in [1.29, 1.82) is 0 Å². The Morgan fingerprint density at radius 1 is 1.00 bits per heavy atom. The molecular formula is C22H26N2O5S. The lowest BCUT2D eigenvalue weighted by Crippen LogP contribution is -2.48. The molecule has 7 nitrogen and oxygen atoms in total. The number of nitrogens with zero attached hydrogens (tertiary/aromatic N) is 2. The second kappa shape index (κ2) is 8.65. The zero-order valence-corrected chi connectivity index (χ0v) is 17.9. The van der Waals surface area contributed by atoms with Gasteiger partial charge in [-0.25, -0.2) is 8.42 Å². The van der Waals surface area contributed by atoms with Gasteiger partial charge in [0.05, 0.1) is 16.2 Å². The Hall–Kier alpha value is -2.58. The first-order valence-electron chi connectivity index (χ1n) is 10.2. The Morgan fingerprint density at radius 2 is 1.73 bits per heavy atom. The molecule has 4 rings (SSSR count). The average molecular weight is 431 g/mol. The number of hydrogen-bond acceptors (Lipinski definition) is 6. The first-order valence-corrected chi connectivity index (χ1v) is 11.8. The molecule has 0 spiro atoms. The molecule has 0 aromatic heterocycles. The largest absolute Gasteiger partial charge is 0.454 e. The highest BCUT2D eigenvalue weighted by molar-refractivity contribution is 7.91. The van der Waals surface area contributed by atoms with E-state index in [1.807, 2.05) is 25.1 Å². The molecule has 0 N–H and O–H groups in total. The Kier molecular flexibility index (Phi) is 5.97. The van der Waals surface area contributed by atoms with E-state index in [2.05, 4.69) is 4.90 Å². The number of piperazine rings is 1. The van der Waals surface area contributed by atoms with Crippen molar-refractivity contribution in [2.75, 3.05) is 38.7 Å². The van der Waals surface area contributed by atoms with E-state index >= 15 is 0 Å². The normalized spacial score (nSPS) is 16.6. The average Bonchev–Trinajstić information content (AvgIpc) is 3.22. The van der Waals surface area contributed by atoms with Crippen LogP contribution in [0.3, 0.4) is 0 Å². The van der Waals surface area contributed by atoms with Crippen LogP contribution in [0.4, 0.5) is 0 Å². The lowest BCUT2D eigenvalue weighted by molar-refractivity contribution is 0.0624. The summed E-state index contributed by atoms with van der Waals surface area (Å²) in [5, 5.41) is 0. The molecule has 2 aromatic carbocycles. The summed E-state index contributed by atoms with van der Waals surface area (Å²) in [5.41, 5.74) is 1.41. The highest BCUT2D eigenvalue weighted by Gasteiger charge is 2.27. The van der Waals surface area contributed by atoms with Crippen LogP contribution in [0.1, 0.15) is 29.3 Å². The molecule has 0 atom stereocenters. The summed E-state index contributed by atoms with van der Waals surface area (Å²) in [6.07, 6.45) is 0.517. The zero-order valence-electron chi connectivity index (χ0n) is 17.0. The number of hydrogen-bond donors (Lipinski definition) is 0. The second-order valence-electron chi connectivity index (χ2n) is 7.57. The standard InChI is InChI=1S/C22H26N2O5S/c1-2-13-30(26,27)21-6-4-3-5-18(21)22(25)24-11-9-23(10-12-24)15-17-7-8-19-20(14-17)29-16-28-19/h3-8,14H,2,9-13,15-16H2,1H3. The predicted octanol–water partition coefficient (Wildman–Crippen LogP) is 2.56. The molecule has 160 valence electrons. The number of fused-ring (bicyclic) bond motifs is 1. The number of ether oxygens (including phenoxy) is 2. The molecule has 1 saturated heterocycles. The van der Waals surface area contributed by atoms with Gasteiger partial charge in [0, 0.05) is 32.7 Å². The fourth-order valence-corrected chi connectivity index (χ4v) is 5.40. The van der Waals surface area contributed by atoms with E-state index < -0.39 is 9.84 Å². The van der Waals surface area contributed by atoms with E-state index in [0.717, 1.165) is 36.7 Å². The summed E-state index contributed by atoms with van der Waals surface area (Å²) >= 11 is 0. The van der Waals surface area contributed by atoms with Crippen LogP contribution in [0.5, 0.6) is 11.5 Å². The Labute approximate surface area is 177 Å². The Morgan fingerprint density at radius 3 is 2.50 bits per heavy atom. The van der Waals surface area contributed by atoms with Gasteiger partial charge in [0.2, 0.25) is 6.79 Å². The fourth-order valence-electron chi connectivity index (χ4n) is 3.87. The lowest BCUT2D eigenvalue weighted by atomic mass is 10.1. The molecule has 0 saturated carbocycles. The zero-order chi connectivity index (χ0) is 21.1. The summed E-state index contributed by atoms with van der Waals surface area (Å²) in [4.78, 5) is 17.2. The van der Waals surface area contributed by atoms with E-state index in [9.17, 15) is 13.2 Å². The van der Waals surface area contributed by atoms with Crippen LogP contribution in [-0.4, -0.2) is 62.8 Å². The maximum atomic E-state index is 13.1. The van der Waals surface area contributed by atoms with Crippen LogP contribution in [0.25, 0.3) is 0 Å². The van der Waals surface area contributed by atoms with Gasteiger partial charge in [-0.2, -0.15) is 0 Å². The molecule has 30 heavy (non-hydrogen) atoms. The number of amides is 1. The summed E-state index contributed by atoms with van der Waals surface area (Å²) in [7, 11) is -3.46. The lowest BCUT2D eigenvalue weighted by Gasteiger charge is -2.35. The first-order chi connectivity index (χ1) is 14.5. The number of carbonyl (C=O) groups excluding carboxylic acids is 1. The van der Waals surface area contributed by atoms with Crippen LogP contribution < -0.4 is 9.47 Å². The maximum Gasteiger partial charge on any atom is 0.255 e. The highest BCUT2D eigenvalue weighted by atomic mass is 32.2. The topological polar surface area (TPSA) is 76.2 Å². The summed E-state index contributed by atoms with van der Waals surface area (Å²) in [6, 6.07) is 12.5. The van der Waals surface area contributed by atoms with E-state index in [-0.39, 0.29) is 28.9 Å². The summed E-state index contributed by atoms with van der Waals surface area (Å²) in [6.45, 7) is 5.42. The molecule has 0 aliphatic carbocycles. The predicted molar refractivity (Wildman–Crippen MR) is 113 cm³/mol. The monoisotopic (exact) mass is 430 g/mol. The van der Waals surface area contributed by atoms with Gasteiger partial charge in [-0.15, -0.1) is 0 Å². The van der Waals surface area contributed by atoms with Crippen molar-refractivity contribution in [3.8, 4) is 11.5 Å². The second-order valence-corrected chi connectivity index (χ2v) is 9.65. The summed E-state index contributed by atoms with van der Waals surface area (Å²) < 4.78 is 35.9. The first kappa shape index (κ1) is 20.7. The van der Waals surface area contributed by atoms with Crippen molar-refractivity contribution in [3.63, 3.8) is 0 Å². The minimum atomic E-state index is -3.46. The number of sulfone groups is 1. The minimum absolute atomic E-state index is 0.0423. The summed E-state index contributed by atoms with van der Waals surface area (Å²) in [5.74, 6) is 1.37. The molecule has 0 bridgehead atoms. The maximum absolute atomic E-state index is 13.1. The highest BCUT2D eigenvalue weighted by Crippen LogP contribution is 2.33. The number of benzene rings is 2. The van der Waals surface area contributed by atoms with Crippen molar-refractivity contribution in [2.45, 2.75) is 24.8 Å². The van der Waals surface area contributed by atoms with Crippen molar-refractivity contribution in [3.05, 3.63) is 53.6 Å². The van der Waals surface area contributed by atoms with E-state index in [1.165, 1.54) is 6.07 Å². The molecule has 2 aliphatic rings. The minimum Gasteiger partial charge on any atom is -0.454 e. The van der Waals surface area contributed by atoms with Gasteiger partial charge in [-0.05, 0) is 36.2 Å². The quantitative estimate of drug-likeness (QED) is 0.701. The molecule has 0 unspecified atom stereocenters. The Balaban J connectivity index is 1.40. The molecule has 1 amide bonds. The van der Waals surface area contributed by atoms with Gasteiger partial charge in [-0.3, -0.25) is 9.69 Å². The van der Waals surface area contributed by atoms with Gasteiger partial charge in [0.25, 0.3) is 5.91 Å². The molecule has 2 heterocycles.